The van der Waals surface area contributed by atoms with Crippen molar-refractivity contribution in [3.8, 4) is 0 Å². The number of amides is 1. The highest BCUT2D eigenvalue weighted by molar-refractivity contribution is 9.10. The molecule has 0 aliphatic carbocycles. The Kier molecular flexibility index (Phi) is 4.49. The zero-order valence-electron chi connectivity index (χ0n) is 10.3. The minimum Gasteiger partial charge on any atom is -0.285 e. The van der Waals surface area contributed by atoms with E-state index >= 15 is 0 Å². The number of hydrazine groups is 1. The van der Waals surface area contributed by atoms with Gasteiger partial charge in [0.05, 0.1) is 10.5 Å². The summed E-state index contributed by atoms with van der Waals surface area (Å²) in [6.07, 6.45) is 3.28. The van der Waals surface area contributed by atoms with E-state index in [4.69, 9.17) is 0 Å². The van der Waals surface area contributed by atoms with Crippen LogP contribution in [0.15, 0.2) is 22.7 Å². The lowest BCUT2D eigenvalue weighted by Gasteiger charge is -2.26. The van der Waals surface area contributed by atoms with Crippen molar-refractivity contribution >= 4 is 27.5 Å². The first-order valence-corrected chi connectivity index (χ1v) is 6.87. The Labute approximate surface area is 119 Å². The zero-order valence-corrected chi connectivity index (χ0v) is 11.9. The molecule has 7 heteroatoms. The van der Waals surface area contributed by atoms with Crippen molar-refractivity contribution in [2.45, 2.75) is 19.3 Å². The lowest BCUT2D eigenvalue weighted by atomic mass is 10.1. The first kappa shape index (κ1) is 14.0. The maximum atomic E-state index is 12.1. The number of nitrogens with one attached hydrogen (secondary N) is 1. The summed E-state index contributed by atoms with van der Waals surface area (Å²) < 4.78 is 0.217. The maximum absolute atomic E-state index is 12.1. The van der Waals surface area contributed by atoms with Crippen molar-refractivity contribution < 1.29 is 9.72 Å². The number of halogens is 1. The molecule has 0 bridgehead atoms. The number of hydrogen-bond donors (Lipinski definition) is 1. The SMILES string of the molecule is O=C(NN1CCCCC1)c1cccc([N+](=O)[O-])c1Br. The van der Waals surface area contributed by atoms with Gasteiger partial charge < -0.3 is 0 Å². The smallest absolute Gasteiger partial charge is 0.284 e. The van der Waals surface area contributed by atoms with Crippen LogP contribution in [0, 0.1) is 10.1 Å². The first-order valence-electron chi connectivity index (χ1n) is 6.08. The van der Waals surface area contributed by atoms with Gasteiger partial charge in [-0.25, -0.2) is 5.01 Å². The maximum Gasteiger partial charge on any atom is 0.284 e. The van der Waals surface area contributed by atoms with Gasteiger partial charge in [-0.1, -0.05) is 12.5 Å². The van der Waals surface area contributed by atoms with Gasteiger partial charge in [0.25, 0.3) is 11.6 Å². The molecule has 1 aliphatic rings. The predicted molar refractivity (Wildman–Crippen MR) is 73.7 cm³/mol. The third-order valence-electron chi connectivity index (χ3n) is 3.04. The molecule has 1 aromatic rings. The van der Waals surface area contributed by atoms with Crippen LogP contribution in [0.25, 0.3) is 0 Å². The van der Waals surface area contributed by atoms with Crippen LogP contribution in [-0.4, -0.2) is 28.9 Å². The molecule has 1 aliphatic heterocycles. The molecule has 1 fully saturated rings. The Morgan fingerprint density at radius 3 is 2.63 bits per heavy atom. The lowest BCUT2D eigenvalue weighted by Crippen LogP contribution is -2.45. The zero-order chi connectivity index (χ0) is 13.8. The molecule has 1 N–H and O–H groups in total. The minimum atomic E-state index is -0.512. The van der Waals surface area contributed by atoms with E-state index in [0.717, 1.165) is 25.9 Å². The van der Waals surface area contributed by atoms with Crippen LogP contribution in [0.3, 0.4) is 0 Å². The number of piperidine rings is 1. The molecule has 0 unspecified atom stereocenters. The van der Waals surface area contributed by atoms with Crippen molar-refractivity contribution in [2.24, 2.45) is 0 Å². The van der Waals surface area contributed by atoms with Crippen LogP contribution < -0.4 is 5.43 Å². The largest absolute Gasteiger partial charge is 0.285 e. The molecule has 2 rings (SSSR count). The molecule has 1 aromatic carbocycles. The van der Waals surface area contributed by atoms with Crippen molar-refractivity contribution in [3.05, 3.63) is 38.3 Å². The van der Waals surface area contributed by atoms with Crippen molar-refractivity contribution in [1.29, 1.82) is 0 Å². The van der Waals surface area contributed by atoms with Gasteiger partial charge in [0.1, 0.15) is 4.47 Å². The minimum absolute atomic E-state index is 0.105. The molecule has 0 radical (unpaired) electrons. The van der Waals surface area contributed by atoms with Gasteiger partial charge in [0.2, 0.25) is 0 Å². The second-order valence-corrected chi connectivity index (χ2v) is 5.18. The van der Waals surface area contributed by atoms with E-state index in [0.29, 0.717) is 0 Å². The number of carbonyl (C=O) groups excluding carboxylic acids is 1. The van der Waals surface area contributed by atoms with Gasteiger partial charge in [-0.2, -0.15) is 0 Å². The van der Waals surface area contributed by atoms with Crippen molar-refractivity contribution in [1.82, 2.24) is 10.4 Å². The van der Waals surface area contributed by atoms with Gasteiger partial charge in [0.15, 0.2) is 0 Å². The molecule has 102 valence electrons. The fourth-order valence-electron chi connectivity index (χ4n) is 2.05. The van der Waals surface area contributed by atoms with Gasteiger partial charge >= 0.3 is 0 Å². The summed E-state index contributed by atoms with van der Waals surface area (Å²) in [4.78, 5) is 22.4. The van der Waals surface area contributed by atoms with E-state index in [1.54, 1.807) is 6.07 Å². The number of nitro groups is 1. The Morgan fingerprint density at radius 2 is 2.00 bits per heavy atom. The van der Waals surface area contributed by atoms with Crippen LogP contribution in [-0.2, 0) is 0 Å². The Hall–Kier alpha value is -1.47. The molecule has 0 spiro atoms. The molecule has 19 heavy (non-hydrogen) atoms. The number of rotatable bonds is 3. The highest BCUT2D eigenvalue weighted by atomic mass is 79.9. The van der Waals surface area contributed by atoms with Gasteiger partial charge in [-0.15, -0.1) is 0 Å². The van der Waals surface area contributed by atoms with Crippen LogP contribution in [0.1, 0.15) is 29.6 Å². The number of nitrogens with zero attached hydrogens (tertiary/aromatic N) is 2. The Balaban J connectivity index is 2.14. The van der Waals surface area contributed by atoms with Crippen molar-refractivity contribution in [2.75, 3.05) is 13.1 Å². The molecule has 1 heterocycles. The molecule has 0 saturated carbocycles. The van der Waals surface area contributed by atoms with E-state index in [1.165, 1.54) is 18.6 Å². The van der Waals surface area contributed by atoms with Gasteiger partial charge in [-0.05, 0) is 34.8 Å². The Bertz CT molecular complexity index is 501. The van der Waals surface area contributed by atoms with Crippen LogP contribution in [0.2, 0.25) is 0 Å². The summed E-state index contributed by atoms with van der Waals surface area (Å²) in [5.41, 5.74) is 2.96. The summed E-state index contributed by atoms with van der Waals surface area (Å²) in [6, 6.07) is 4.44. The van der Waals surface area contributed by atoms with Crippen LogP contribution in [0.5, 0.6) is 0 Å². The van der Waals surface area contributed by atoms with Gasteiger partial charge in [-0.3, -0.25) is 20.3 Å². The molecule has 6 nitrogen and oxygen atoms in total. The van der Waals surface area contributed by atoms with E-state index < -0.39 is 4.92 Å². The molecule has 1 amide bonds. The summed E-state index contributed by atoms with van der Waals surface area (Å²) in [7, 11) is 0. The average molecular weight is 328 g/mol. The number of carbonyl (C=O) groups is 1. The fourth-order valence-corrected chi connectivity index (χ4v) is 2.63. The number of benzene rings is 1. The van der Waals surface area contributed by atoms with E-state index in [1.807, 2.05) is 5.01 Å². The van der Waals surface area contributed by atoms with Crippen LogP contribution in [0.4, 0.5) is 5.69 Å². The second kappa shape index (κ2) is 6.12. The highest BCUT2D eigenvalue weighted by Crippen LogP contribution is 2.28. The summed E-state index contributed by atoms with van der Waals surface area (Å²) in [5, 5.41) is 12.7. The lowest BCUT2D eigenvalue weighted by molar-refractivity contribution is -0.385. The van der Waals surface area contributed by atoms with Gasteiger partial charge in [0, 0.05) is 19.2 Å². The summed E-state index contributed by atoms with van der Waals surface area (Å²) in [6.45, 7) is 1.64. The van der Waals surface area contributed by atoms with E-state index in [9.17, 15) is 14.9 Å². The average Bonchev–Trinajstić information content (AvgIpc) is 2.39. The standard InChI is InChI=1S/C12H14BrN3O3/c13-11-9(5-4-6-10(11)16(18)19)12(17)14-15-7-2-1-3-8-15/h4-6H,1-3,7-8H2,(H,14,17). The van der Waals surface area contributed by atoms with E-state index in [-0.39, 0.29) is 21.6 Å². The molecular weight excluding hydrogens is 314 g/mol. The summed E-state index contributed by atoms with van der Waals surface area (Å²) >= 11 is 3.13. The Morgan fingerprint density at radius 1 is 1.32 bits per heavy atom. The first-order chi connectivity index (χ1) is 9.09. The fraction of sp³-hybridized carbons (Fsp3) is 0.417. The molecule has 1 saturated heterocycles. The summed E-state index contributed by atoms with van der Waals surface area (Å²) in [5.74, 6) is -0.322. The highest BCUT2D eigenvalue weighted by Gasteiger charge is 2.21. The number of nitro benzene ring substituents is 1. The third-order valence-corrected chi connectivity index (χ3v) is 3.87. The quantitative estimate of drug-likeness (QED) is 0.683. The molecule has 0 atom stereocenters. The van der Waals surface area contributed by atoms with E-state index in [2.05, 4.69) is 21.4 Å². The van der Waals surface area contributed by atoms with Crippen molar-refractivity contribution in [3.63, 3.8) is 0 Å². The van der Waals surface area contributed by atoms with Crippen LogP contribution >= 0.6 is 15.9 Å². The third kappa shape index (κ3) is 3.30. The molecular formula is C12H14BrN3O3. The molecule has 0 aromatic heterocycles. The monoisotopic (exact) mass is 327 g/mol. The normalized spacial score (nSPS) is 16.1. The predicted octanol–water partition coefficient (Wildman–Crippen LogP) is 2.49. The number of hydrogen-bond acceptors (Lipinski definition) is 4. The topological polar surface area (TPSA) is 75.5 Å². The second-order valence-electron chi connectivity index (χ2n) is 4.38.